The summed E-state index contributed by atoms with van der Waals surface area (Å²) >= 11 is 1.51. The maximum Gasteiger partial charge on any atom is 0.270 e. The number of carbonyl (C=O) groups is 1. The Labute approximate surface area is 127 Å². The zero-order valence-electron chi connectivity index (χ0n) is 11.8. The average molecular weight is 301 g/mol. The monoisotopic (exact) mass is 301 g/mol. The van der Waals surface area contributed by atoms with Gasteiger partial charge in [-0.3, -0.25) is 14.9 Å². The molecule has 2 aromatic rings. The Balaban J connectivity index is 2.19. The zero-order chi connectivity index (χ0) is 15.4. The Kier molecular flexibility index (Phi) is 4.75. The van der Waals surface area contributed by atoms with Gasteiger partial charge in [0.1, 0.15) is 0 Å². The molecule has 0 spiro atoms. The van der Waals surface area contributed by atoms with Crippen molar-refractivity contribution in [3.63, 3.8) is 0 Å². The minimum atomic E-state index is -0.495. The molecular formula is C16H15NO3S. The number of nitrogens with zero attached hydrogens (tertiary/aromatic N) is 1. The number of hydrogen-bond acceptors (Lipinski definition) is 4. The van der Waals surface area contributed by atoms with Crippen LogP contribution in [0.4, 0.5) is 5.69 Å². The van der Waals surface area contributed by atoms with Crippen molar-refractivity contribution in [2.24, 2.45) is 0 Å². The molecule has 0 saturated heterocycles. The Hall–Kier alpha value is -2.14. The smallest absolute Gasteiger partial charge is 0.270 e. The highest BCUT2D eigenvalue weighted by Crippen LogP contribution is 2.28. The summed E-state index contributed by atoms with van der Waals surface area (Å²) in [6.45, 7) is 4.09. The molecule has 0 saturated carbocycles. The third-order valence-corrected chi connectivity index (χ3v) is 4.17. The lowest BCUT2D eigenvalue weighted by Crippen LogP contribution is -1.92. The van der Waals surface area contributed by atoms with Gasteiger partial charge in [-0.25, -0.2) is 0 Å². The van der Waals surface area contributed by atoms with Crippen molar-refractivity contribution in [3.8, 4) is 0 Å². The first-order chi connectivity index (χ1) is 9.99. The van der Waals surface area contributed by atoms with Crippen LogP contribution in [-0.4, -0.2) is 11.2 Å². The predicted molar refractivity (Wildman–Crippen MR) is 84.0 cm³/mol. The van der Waals surface area contributed by atoms with E-state index in [2.05, 4.69) is 18.2 Å². The van der Waals surface area contributed by atoms with Gasteiger partial charge < -0.3 is 0 Å². The standard InChI is InChI=1S/C16H15NO3S/c1-11-5-12(2)7-13(6-11)10-21-16-4-3-15(17(19)20)8-14(16)9-18/h3-9H,10H2,1-2H3. The van der Waals surface area contributed by atoms with Gasteiger partial charge in [-0.05, 0) is 25.5 Å². The number of non-ortho nitro benzene ring substituents is 1. The van der Waals surface area contributed by atoms with Crippen molar-refractivity contribution in [3.05, 3.63) is 68.8 Å². The van der Waals surface area contributed by atoms with Crippen LogP contribution in [0.5, 0.6) is 0 Å². The third-order valence-electron chi connectivity index (χ3n) is 3.01. The van der Waals surface area contributed by atoms with Crippen LogP contribution in [0, 0.1) is 24.0 Å². The molecule has 0 aliphatic carbocycles. The van der Waals surface area contributed by atoms with E-state index in [0.29, 0.717) is 11.8 Å². The molecule has 5 heteroatoms. The largest absolute Gasteiger partial charge is 0.298 e. The van der Waals surface area contributed by atoms with E-state index < -0.39 is 4.92 Å². The van der Waals surface area contributed by atoms with Gasteiger partial charge in [0, 0.05) is 28.3 Å². The van der Waals surface area contributed by atoms with E-state index in [0.717, 1.165) is 10.6 Å². The molecular weight excluding hydrogens is 286 g/mol. The van der Waals surface area contributed by atoms with Crippen molar-refractivity contribution in [2.75, 3.05) is 0 Å². The number of aryl methyl sites for hydroxylation is 2. The van der Waals surface area contributed by atoms with Gasteiger partial charge in [0.05, 0.1) is 4.92 Å². The molecule has 0 atom stereocenters. The molecule has 0 heterocycles. The Morgan fingerprint density at radius 1 is 1.14 bits per heavy atom. The van der Waals surface area contributed by atoms with Crippen LogP contribution in [0.25, 0.3) is 0 Å². The fraction of sp³-hybridized carbons (Fsp3) is 0.188. The first kappa shape index (κ1) is 15.3. The summed E-state index contributed by atoms with van der Waals surface area (Å²) in [7, 11) is 0. The van der Waals surface area contributed by atoms with Crippen molar-refractivity contribution >= 4 is 23.7 Å². The number of thioether (sulfide) groups is 1. The topological polar surface area (TPSA) is 60.2 Å². The highest BCUT2D eigenvalue weighted by atomic mass is 32.2. The van der Waals surface area contributed by atoms with Gasteiger partial charge >= 0.3 is 0 Å². The molecule has 21 heavy (non-hydrogen) atoms. The predicted octanol–water partition coefficient (Wildman–Crippen LogP) is 4.32. The van der Waals surface area contributed by atoms with Gasteiger partial charge in [0.15, 0.2) is 6.29 Å². The maximum absolute atomic E-state index is 11.1. The molecule has 4 nitrogen and oxygen atoms in total. The van der Waals surface area contributed by atoms with E-state index in [1.807, 2.05) is 13.8 Å². The van der Waals surface area contributed by atoms with Gasteiger partial charge in [-0.15, -0.1) is 11.8 Å². The van der Waals surface area contributed by atoms with Crippen molar-refractivity contribution in [1.82, 2.24) is 0 Å². The van der Waals surface area contributed by atoms with Crippen LogP contribution in [0.1, 0.15) is 27.0 Å². The van der Waals surface area contributed by atoms with E-state index in [-0.39, 0.29) is 5.69 Å². The molecule has 0 aliphatic rings. The third kappa shape index (κ3) is 3.92. The van der Waals surface area contributed by atoms with Gasteiger partial charge in [0.25, 0.3) is 5.69 Å². The maximum atomic E-state index is 11.1. The lowest BCUT2D eigenvalue weighted by atomic mass is 10.1. The molecule has 0 radical (unpaired) electrons. The normalized spacial score (nSPS) is 10.4. The van der Waals surface area contributed by atoms with E-state index in [4.69, 9.17) is 0 Å². The van der Waals surface area contributed by atoms with E-state index >= 15 is 0 Å². The lowest BCUT2D eigenvalue weighted by molar-refractivity contribution is -0.384. The molecule has 0 amide bonds. The Morgan fingerprint density at radius 3 is 2.38 bits per heavy atom. The highest BCUT2D eigenvalue weighted by Gasteiger charge is 2.11. The molecule has 0 aromatic heterocycles. The Bertz CT molecular complexity index is 678. The van der Waals surface area contributed by atoms with Crippen molar-refractivity contribution in [2.45, 2.75) is 24.5 Å². The summed E-state index contributed by atoms with van der Waals surface area (Å²) in [6, 6.07) is 10.7. The molecule has 2 aromatic carbocycles. The van der Waals surface area contributed by atoms with Crippen LogP contribution in [0.2, 0.25) is 0 Å². The Morgan fingerprint density at radius 2 is 1.81 bits per heavy atom. The number of nitro benzene ring substituents is 1. The van der Waals surface area contributed by atoms with Crippen LogP contribution < -0.4 is 0 Å². The number of aldehydes is 1. The molecule has 0 unspecified atom stereocenters. The molecule has 0 bridgehead atoms. The molecule has 0 fully saturated rings. The zero-order valence-corrected chi connectivity index (χ0v) is 12.6. The number of carbonyl (C=O) groups excluding carboxylic acids is 1. The van der Waals surface area contributed by atoms with Gasteiger partial charge in [-0.1, -0.05) is 29.3 Å². The minimum absolute atomic E-state index is 0.0622. The molecule has 0 N–H and O–H groups in total. The molecule has 108 valence electrons. The number of hydrogen-bond donors (Lipinski definition) is 0. The highest BCUT2D eigenvalue weighted by molar-refractivity contribution is 7.98. The lowest BCUT2D eigenvalue weighted by Gasteiger charge is -2.07. The number of benzene rings is 2. The number of rotatable bonds is 5. The quantitative estimate of drug-likeness (QED) is 0.357. The summed E-state index contributed by atoms with van der Waals surface area (Å²) in [5.41, 5.74) is 3.87. The second-order valence-electron chi connectivity index (χ2n) is 4.88. The SMILES string of the molecule is Cc1cc(C)cc(CSc2ccc([N+](=O)[O-])cc2C=O)c1. The van der Waals surface area contributed by atoms with Crippen molar-refractivity contribution in [1.29, 1.82) is 0 Å². The van der Waals surface area contributed by atoms with Crippen LogP contribution in [-0.2, 0) is 5.75 Å². The van der Waals surface area contributed by atoms with Crippen LogP contribution >= 0.6 is 11.8 Å². The first-order valence-electron chi connectivity index (χ1n) is 6.43. The minimum Gasteiger partial charge on any atom is -0.298 e. The second kappa shape index (κ2) is 6.54. The second-order valence-corrected chi connectivity index (χ2v) is 5.90. The summed E-state index contributed by atoms with van der Waals surface area (Å²) in [6.07, 6.45) is 0.664. The average Bonchev–Trinajstić information content (AvgIpc) is 2.43. The van der Waals surface area contributed by atoms with Crippen molar-refractivity contribution < 1.29 is 9.72 Å². The van der Waals surface area contributed by atoms with Crippen LogP contribution in [0.3, 0.4) is 0 Å². The molecule has 2 rings (SSSR count). The summed E-state index contributed by atoms with van der Waals surface area (Å²) in [4.78, 5) is 22.1. The van der Waals surface area contributed by atoms with E-state index in [1.165, 1.54) is 40.6 Å². The summed E-state index contributed by atoms with van der Waals surface area (Å²) in [5.74, 6) is 0.723. The van der Waals surface area contributed by atoms with E-state index in [9.17, 15) is 14.9 Å². The van der Waals surface area contributed by atoms with Crippen LogP contribution in [0.15, 0.2) is 41.3 Å². The molecule has 0 aliphatic heterocycles. The fourth-order valence-electron chi connectivity index (χ4n) is 2.19. The first-order valence-corrected chi connectivity index (χ1v) is 7.42. The summed E-state index contributed by atoms with van der Waals surface area (Å²) < 4.78 is 0. The van der Waals surface area contributed by atoms with Gasteiger partial charge in [-0.2, -0.15) is 0 Å². The fourth-order valence-corrected chi connectivity index (χ4v) is 3.11. The van der Waals surface area contributed by atoms with Gasteiger partial charge in [0.2, 0.25) is 0 Å². The number of nitro groups is 1. The van der Waals surface area contributed by atoms with E-state index in [1.54, 1.807) is 6.07 Å². The summed E-state index contributed by atoms with van der Waals surface area (Å²) in [5, 5.41) is 10.7.